The van der Waals surface area contributed by atoms with Crippen molar-refractivity contribution in [2.24, 2.45) is 5.73 Å². The van der Waals surface area contributed by atoms with Crippen molar-refractivity contribution >= 4 is 5.91 Å². The van der Waals surface area contributed by atoms with E-state index in [1.165, 1.54) is 0 Å². The predicted octanol–water partition coefficient (Wildman–Crippen LogP) is 2.19. The molecular weight excluding hydrogens is 312 g/mol. The summed E-state index contributed by atoms with van der Waals surface area (Å²) < 4.78 is 0. The molecule has 2 heterocycles. The van der Waals surface area contributed by atoms with Gasteiger partial charge in [0.05, 0.1) is 0 Å². The molecule has 126 valence electrons. The van der Waals surface area contributed by atoms with Crippen LogP contribution >= 0.6 is 0 Å². The van der Waals surface area contributed by atoms with Crippen LogP contribution in [0, 0.1) is 0 Å². The first-order valence-electron chi connectivity index (χ1n) is 8.09. The molecule has 0 aliphatic rings. The third kappa shape index (κ3) is 3.89. The third-order valence-electron chi connectivity index (χ3n) is 4.22. The molecule has 0 spiro atoms. The standard InChI is InChI=1S/C20H20N4O/c21-19(25)20(18-6-2-1-3-7-18,13-16-8-11-22-12-9-16)24-15-17-5-4-10-23-14-17/h1-12,14,24H,13,15H2,(H2,21,25). The molecule has 0 aliphatic heterocycles. The lowest BCUT2D eigenvalue weighted by Gasteiger charge is -2.33. The van der Waals surface area contributed by atoms with Gasteiger partial charge in [0, 0.05) is 37.8 Å². The summed E-state index contributed by atoms with van der Waals surface area (Å²) in [4.78, 5) is 20.7. The first-order chi connectivity index (χ1) is 12.2. The minimum Gasteiger partial charge on any atom is -0.368 e. The van der Waals surface area contributed by atoms with E-state index < -0.39 is 11.4 Å². The SMILES string of the molecule is NC(=O)C(Cc1ccncc1)(NCc1cccnc1)c1ccccc1. The Balaban J connectivity index is 1.97. The lowest BCUT2D eigenvalue weighted by atomic mass is 9.83. The summed E-state index contributed by atoms with van der Waals surface area (Å²) >= 11 is 0. The average molecular weight is 332 g/mol. The predicted molar refractivity (Wildman–Crippen MR) is 96.3 cm³/mol. The zero-order valence-electron chi connectivity index (χ0n) is 13.8. The maximum absolute atomic E-state index is 12.6. The van der Waals surface area contributed by atoms with Crippen LogP contribution in [0.3, 0.4) is 0 Å². The van der Waals surface area contributed by atoms with Crippen LogP contribution in [0.4, 0.5) is 0 Å². The number of hydrogen-bond acceptors (Lipinski definition) is 4. The number of amides is 1. The number of aromatic nitrogens is 2. The number of nitrogens with zero attached hydrogens (tertiary/aromatic N) is 2. The van der Waals surface area contributed by atoms with Gasteiger partial charge in [-0.2, -0.15) is 0 Å². The second kappa shape index (κ2) is 7.68. The molecule has 0 saturated heterocycles. The van der Waals surface area contributed by atoms with Crippen LogP contribution in [0.25, 0.3) is 0 Å². The summed E-state index contributed by atoms with van der Waals surface area (Å²) in [6, 6.07) is 17.2. The number of rotatable bonds is 7. The lowest BCUT2D eigenvalue weighted by Crippen LogP contribution is -2.54. The second-order valence-corrected chi connectivity index (χ2v) is 5.88. The maximum Gasteiger partial charge on any atom is 0.242 e. The number of nitrogens with two attached hydrogens (primary N) is 1. The highest BCUT2D eigenvalue weighted by atomic mass is 16.1. The summed E-state index contributed by atoms with van der Waals surface area (Å²) in [6.07, 6.45) is 7.37. The van der Waals surface area contributed by atoms with Gasteiger partial charge in [0.1, 0.15) is 5.54 Å². The van der Waals surface area contributed by atoms with Crippen molar-refractivity contribution in [2.75, 3.05) is 0 Å². The normalized spacial score (nSPS) is 13.1. The summed E-state index contributed by atoms with van der Waals surface area (Å²) in [5, 5.41) is 3.38. The molecule has 5 heteroatoms. The van der Waals surface area contributed by atoms with Crippen molar-refractivity contribution in [1.82, 2.24) is 15.3 Å². The van der Waals surface area contributed by atoms with Gasteiger partial charge in [-0.1, -0.05) is 36.4 Å². The van der Waals surface area contributed by atoms with Crippen molar-refractivity contribution in [1.29, 1.82) is 0 Å². The number of carbonyl (C=O) groups excluding carboxylic acids is 1. The number of pyridine rings is 2. The molecule has 0 saturated carbocycles. The van der Waals surface area contributed by atoms with E-state index in [9.17, 15) is 4.79 Å². The molecule has 0 bridgehead atoms. The van der Waals surface area contributed by atoms with E-state index in [2.05, 4.69) is 15.3 Å². The van der Waals surface area contributed by atoms with E-state index in [0.717, 1.165) is 16.7 Å². The van der Waals surface area contributed by atoms with Crippen LogP contribution < -0.4 is 11.1 Å². The highest BCUT2D eigenvalue weighted by molar-refractivity contribution is 5.86. The average Bonchev–Trinajstić information content (AvgIpc) is 2.67. The molecule has 5 nitrogen and oxygen atoms in total. The monoisotopic (exact) mass is 332 g/mol. The molecular formula is C20H20N4O. The molecule has 3 aromatic rings. The molecule has 0 aliphatic carbocycles. The Morgan fingerprint density at radius 2 is 1.68 bits per heavy atom. The molecule has 3 N–H and O–H groups in total. The molecule has 1 atom stereocenters. The number of hydrogen-bond donors (Lipinski definition) is 2. The Morgan fingerprint density at radius 3 is 2.32 bits per heavy atom. The number of carbonyl (C=O) groups is 1. The Hall–Kier alpha value is -3.05. The topological polar surface area (TPSA) is 80.9 Å². The Bertz CT molecular complexity index is 809. The van der Waals surface area contributed by atoms with Gasteiger partial charge in [-0.3, -0.25) is 20.1 Å². The molecule has 3 rings (SSSR count). The Kier molecular flexibility index (Phi) is 5.16. The first kappa shape index (κ1) is 16.8. The van der Waals surface area contributed by atoms with Crippen LogP contribution in [0.2, 0.25) is 0 Å². The third-order valence-corrected chi connectivity index (χ3v) is 4.22. The summed E-state index contributed by atoms with van der Waals surface area (Å²) in [5.74, 6) is -0.417. The number of primary amides is 1. The van der Waals surface area contributed by atoms with E-state index in [0.29, 0.717) is 13.0 Å². The molecule has 1 unspecified atom stereocenters. The van der Waals surface area contributed by atoms with Crippen LogP contribution in [0.5, 0.6) is 0 Å². The van der Waals surface area contributed by atoms with Gasteiger partial charge < -0.3 is 5.73 Å². The second-order valence-electron chi connectivity index (χ2n) is 5.88. The molecule has 1 aromatic carbocycles. The maximum atomic E-state index is 12.6. The van der Waals surface area contributed by atoms with E-state index >= 15 is 0 Å². The van der Waals surface area contributed by atoms with E-state index in [1.807, 2.05) is 54.6 Å². The largest absolute Gasteiger partial charge is 0.368 e. The number of benzene rings is 1. The van der Waals surface area contributed by atoms with Gasteiger partial charge in [0.15, 0.2) is 0 Å². The van der Waals surface area contributed by atoms with Crippen LogP contribution in [-0.4, -0.2) is 15.9 Å². The Morgan fingerprint density at radius 1 is 0.920 bits per heavy atom. The van der Waals surface area contributed by atoms with Crippen molar-refractivity contribution in [3.05, 3.63) is 96.1 Å². The minimum absolute atomic E-state index is 0.417. The van der Waals surface area contributed by atoms with Crippen molar-refractivity contribution in [3.8, 4) is 0 Å². The van der Waals surface area contributed by atoms with Gasteiger partial charge in [-0.05, 0) is 34.9 Å². The van der Waals surface area contributed by atoms with Crippen molar-refractivity contribution in [3.63, 3.8) is 0 Å². The molecule has 1 amide bonds. The first-order valence-corrected chi connectivity index (χ1v) is 8.09. The lowest BCUT2D eigenvalue weighted by molar-refractivity contribution is -0.125. The number of nitrogens with one attached hydrogen (secondary N) is 1. The van der Waals surface area contributed by atoms with Gasteiger partial charge >= 0.3 is 0 Å². The van der Waals surface area contributed by atoms with Crippen molar-refractivity contribution < 1.29 is 4.79 Å². The smallest absolute Gasteiger partial charge is 0.242 e. The minimum atomic E-state index is -1.02. The summed E-state index contributed by atoms with van der Waals surface area (Å²) in [6.45, 7) is 0.483. The fourth-order valence-electron chi connectivity index (χ4n) is 2.87. The van der Waals surface area contributed by atoms with Gasteiger partial charge in [-0.25, -0.2) is 0 Å². The van der Waals surface area contributed by atoms with Gasteiger partial charge in [0.25, 0.3) is 0 Å². The fourth-order valence-corrected chi connectivity index (χ4v) is 2.87. The van der Waals surface area contributed by atoms with Gasteiger partial charge in [0.2, 0.25) is 5.91 Å². The molecule has 25 heavy (non-hydrogen) atoms. The van der Waals surface area contributed by atoms with Crippen LogP contribution in [0.1, 0.15) is 16.7 Å². The highest BCUT2D eigenvalue weighted by Gasteiger charge is 2.38. The van der Waals surface area contributed by atoms with Crippen molar-refractivity contribution in [2.45, 2.75) is 18.5 Å². The quantitative estimate of drug-likeness (QED) is 0.695. The molecule has 2 aromatic heterocycles. The van der Waals surface area contributed by atoms with Crippen LogP contribution in [0.15, 0.2) is 79.4 Å². The van der Waals surface area contributed by atoms with Crippen LogP contribution in [-0.2, 0) is 23.3 Å². The van der Waals surface area contributed by atoms with Gasteiger partial charge in [-0.15, -0.1) is 0 Å². The highest BCUT2D eigenvalue weighted by Crippen LogP contribution is 2.26. The van der Waals surface area contributed by atoms with E-state index in [1.54, 1.807) is 24.8 Å². The zero-order valence-corrected chi connectivity index (χ0v) is 13.8. The van der Waals surface area contributed by atoms with E-state index in [-0.39, 0.29) is 0 Å². The molecule has 0 fully saturated rings. The molecule has 0 radical (unpaired) electrons. The Labute approximate surface area is 146 Å². The zero-order chi connectivity index (χ0) is 17.5. The fraction of sp³-hybridized carbons (Fsp3) is 0.150. The summed E-state index contributed by atoms with van der Waals surface area (Å²) in [5.41, 5.74) is 7.67. The van der Waals surface area contributed by atoms with E-state index in [4.69, 9.17) is 5.73 Å². The summed E-state index contributed by atoms with van der Waals surface area (Å²) in [7, 11) is 0.